The van der Waals surface area contributed by atoms with E-state index in [9.17, 15) is 9.59 Å². The zero-order valence-electron chi connectivity index (χ0n) is 14.4. The second-order valence-electron chi connectivity index (χ2n) is 5.61. The van der Waals surface area contributed by atoms with Gasteiger partial charge in [-0.2, -0.15) is 0 Å². The number of aryl methyl sites for hydroxylation is 1. The number of ether oxygens (including phenoxy) is 1. The molecule has 0 heterocycles. The van der Waals surface area contributed by atoms with E-state index < -0.39 is 6.10 Å². The Hall–Kier alpha value is -3.08. The van der Waals surface area contributed by atoms with Crippen molar-refractivity contribution in [3.63, 3.8) is 0 Å². The fourth-order valence-corrected chi connectivity index (χ4v) is 2.23. The third kappa shape index (κ3) is 5.21. The van der Waals surface area contributed by atoms with E-state index in [0.29, 0.717) is 23.5 Å². The van der Waals surface area contributed by atoms with Crippen molar-refractivity contribution in [3.05, 3.63) is 72.3 Å². The number of amides is 2. The molecule has 2 rings (SSSR count). The zero-order valence-corrected chi connectivity index (χ0v) is 14.4. The Labute approximate surface area is 147 Å². The average molecular weight is 338 g/mol. The van der Waals surface area contributed by atoms with Gasteiger partial charge in [-0.15, -0.1) is 6.58 Å². The number of rotatable bonds is 7. The standard InChI is InChI=1S/C20H22N2O3/c1-4-12-21-20(24)17-10-5-6-11-18(17)22-19(23)15(3)25-16-9-7-8-14(2)13-16/h4-11,13,15H,1,12H2,2-3H3,(H,21,24)(H,22,23)/t15-/m0/s1. The fraction of sp³-hybridized carbons (Fsp3) is 0.200. The average Bonchev–Trinajstić information content (AvgIpc) is 2.60. The van der Waals surface area contributed by atoms with Crippen molar-refractivity contribution < 1.29 is 14.3 Å². The summed E-state index contributed by atoms with van der Waals surface area (Å²) in [5, 5.41) is 5.45. The second kappa shape index (κ2) is 8.68. The summed E-state index contributed by atoms with van der Waals surface area (Å²) >= 11 is 0. The van der Waals surface area contributed by atoms with Gasteiger partial charge in [0.25, 0.3) is 11.8 Å². The van der Waals surface area contributed by atoms with Crippen LogP contribution >= 0.6 is 0 Å². The van der Waals surface area contributed by atoms with Crippen LogP contribution in [0.2, 0.25) is 0 Å². The highest BCUT2D eigenvalue weighted by Crippen LogP contribution is 2.17. The molecule has 0 saturated carbocycles. The maximum absolute atomic E-state index is 12.4. The number of carbonyl (C=O) groups excluding carboxylic acids is 2. The molecule has 2 aromatic carbocycles. The number of carbonyl (C=O) groups is 2. The molecule has 0 aliphatic rings. The van der Waals surface area contributed by atoms with Gasteiger partial charge in [0.05, 0.1) is 11.3 Å². The Morgan fingerprint density at radius 3 is 2.68 bits per heavy atom. The van der Waals surface area contributed by atoms with Crippen molar-refractivity contribution in [2.45, 2.75) is 20.0 Å². The van der Waals surface area contributed by atoms with Crippen LogP contribution in [-0.2, 0) is 4.79 Å². The van der Waals surface area contributed by atoms with E-state index in [0.717, 1.165) is 5.56 Å². The Balaban J connectivity index is 2.07. The van der Waals surface area contributed by atoms with Gasteiger partial charge < -0.3 is 15.4 Å². The highest BCUT2D eigenvalue weighted by molar-refractivity contribution is 6.04. The number of anilines is 1. The lowest BCUT2D eigenvalue weighted by molar-refractivity contribution is -0.122. The third-order valence-corrected chi connectivity index (χ3v) is 3.51. The summed E-state index contributed by atoms with van der Waals surface area (Å²) in [6.45, 7) is 7.54. The summed E-state index contributed by atoms with van der Waals surface area (Å²) in [6, 6.07) is 14.3. The van der Waals surface area contributed by atoms with Gasteiger partial charge in [-0.25, -0.2) is 0 Å². The topological polar surface area (TPSA) is 67.4 Å². The van der Waals surface area contributed by atoms with E-state index in [2.05, 4.69) is 17.2 Å². The van der Waals surface area contributed by atoms with Crippen LogP contribution in [0.3, 0.4) is 0 Å². The van der Waals surface area contributed by atoms with Crippen molar-refractivity contribution in [1.29, 1.82) is 0 Å². The van der Waals surface area contributed by atoms with Crippen molar-refractivity contribution in [2.24, 2.45) is 0 Å². The van der Waals surface area contributed by atoms with Crippen molar-refractivity contribution in [2.75, 3.05) is 11.9 Å². The minimum Gasteiger partial charge on any atom is -0.481 e. The predicted octanol–water partition coefficient (Wildman–Crippen LogP) is 3.32. The molecule has 25 heavy (non-hydrogen) atoms. The van der Waals surface area contributed by atoms with E-state index in [-0.39, 0.29) is 11.8 Å². The van der Waals surface area contributed by atoms with Crippen LogP contribution in [0.1, 0.15) is 22.8 Å². The van der Waals surface area contributed by atoms with Gasteiger partial charge in [0.1, 0.15) is 5.75 Å². The molecule has 0 unspecified atom stereocenters. The van der Waals surface area contributed by atoms with E-state index in [1.165, 1.54) is 0 Å². The van der Waals surface area contributed by atoms with Crippen LogP contribution in [0.5, 0.6) is 5.75 Å². The van der Waals surface area contributed by atoms with Crippen LogP contribution in [0, 0.1) is 6.92 Å². The molecule has 2 amide bonds. The number of hydrogen-bond acceptors (Lipinski definition) is 3. The maximum atomic E-state index is 12.4. The van der Waals surface area contributed by atoms with Crippen LogP contribution in [-0.4, -0.2) is 24.5 Å². The Kier molecular flexibility index (Phi) is 6.34. The molecule has 0 aromatic heterocycles. The predicted molar refractivity (Wildman–Crippen MR) is 98.9 cm³/mol. The molecule has 0 radical (unpaired) electrons. The molecule has 0 spiro atoms. The first kappa shape index (κ1) is 18.3. The highest BCUT2D eigenvalue weighted by Gasteiger charge is 2.18. The lowest BCUT2D eigenvalue weighted by atomic mass is 10.1. The molecule has 0 fully saturated rings. The summed E-state index contributed by atoms with van der Waals surface area (Å²) in [4.78, 5) is 24.6. The Bertz CT molecular complexity index is 771. The largest absolute Gasteiger partial charge is 0.481 e. The van der Waals surface area contributed by atoms with Crippen molar-refractivity contribution in [1.82, 2.24) is 5.32 Å². The summed E-state index contributed by atoms with van der Waals surface area (Å²) in [6.07, 6.45) is 0.891. The number of benzene rings is 2. The SMILES string of the molecule is C=CCNC(=O)c1ccccc1NC(=O)[C@H](C)Oc1cccc(C)c1. The molecule has 5 nitrogen and oxygen atoms in total. The summed E-state index contributed by atoms with van der Waals surface area (Å²) in [5.74, 6) is 0.0215. The van der Waals surface area contributed by atoms with E-state index in [4.69, 9.17) is 4.74 Å². The lowest BCUT2D eigenvalue weighted by Gasteiger charge is -2.16. The van der Waals surface area contributed by atoms with Gasteiger partial charge in [-0.05, 0) is 43.7 Å². The van der Waals surface area contributed by atoms with Crippen LogP contribution in [0.25, 0.3) is 0 Å². The van der Waals surface area contributed by atoms with E-state index >= 15 is 0 Å². The lowest BCUT2D eigenvalue weighted by Crippen LogP contribution is -2.31. The smallest absolute Gasteiger partial charge is 0.265 e. The van der Waals surface area contributed by atoms with Crippen LogP contribution in [0.15, 0.2) is 61.2 Å². The minimum atomic E-state index is -0.703. The van der Waals surface area contributed by atoms with E-state index in [1.807, 2.05) is 25.1 Å². The summed E-state index contributed by atoms with van der Waals surface area (Å²) in [7, 11) is 0. The minimum absolute atomic E-state index is 0.275. The quantitative estimate of drug-likeness (QED) is 0.761. The normalized spacial score (nSPS) is 11.3. The molecule has 2 aromatic rings. The van der Waals surface area contributed by atoms with Crippen LogP contribution < -0.4 is 15.4 Å². The Morgan fingerprint density at radius 2 is 1.96 bits per heavy atom. The van der Waals surface area contributed by atoms with Gasteiger partial charge in [-0.1, -0.05) is 30.3 Å². The number of hydrogen-bond donors (Lipinski definition) is 2. The van der Waals surface area contributed by atoms with Gasteiger partial charge >= 0.3 is 0 Å². The second-order valence-corrected chi connectivity index (χ2v) is 5.61. The van der Waals surface area contributed by atoms with Gasteiger partial charge in [0.2, 0.25) is 0 Å². The zero-order chi connectivity index (χ0) is 18.2. The number of para-hydroxylation sites is 1. The first-order valence-corrected chi connectivity index (χ1v) is 8.03. The monoisotopic (exact) mass is 338 g/mol. The van der Waals surface area contributed by atoms with Gasteiger partial charge in [0.15, 0.2) is 6.10 Å². The molecular weight excluding hydrogens is 316 g/mol. The molecule has 0 aliphatic carbocycles. The van der Waals surface area contributed by atoms with Gasteiger partial charge in [0, 0.05) is 6.54 Å². The van der Waals surface area contributed by atoms with Crippen LogP contribution in [0.4, 0.5) is 5.69 Å². The fourth-order valence-electron chi connectivity index (χ4n) is 2.23. The molecule has 2 N–H and O–H groups in total. The summed E-state index contributed by atoms with van der Waals surface area (Å²) in [5.41, 5.74) is 1.88. The maximum Gasteiger partial charge on any atom is 0.265 e. The molecule has 5 heteroatoms. The molecule has 0 aliphatic heterocycles. The summed E-state index contributed by atoms with van der Waals surface area (Å²) < 4.78 is 5.67. The third-order valence-electron chi connectivity index (χ3n) is 3.51. The number of nitrogens with one attached hydrogen (secondary N) is 2. The molecule has 0 bridgehead atoms. The Morgan fingerprint density at radius 1 is 1.20 bits per heavy atom. The van der Waals surface area contributed by atoms with Gasteiger partial charge in [-0.3, -0.25) is 9.59 Å². The molecular formula is C20H22N2O3. The molecule has 130 valence electrons. The van der Waals surface area contributed by atoms with Crippen molar-refractivity contribution in [3.8, 4) is 5.75 Å². The first-order chi connectivity index (χ1) is 12.0. The highest BCUT2D eigenvalue weighted by atomic mass is 16.5. The van der Waals surface area contributed by atoms with Crippen molar-refractivity contribution >= 4 is 17.5 Å². The first-order valence-electron chi connectivity index (χ1n) is 8.03. The molecule has 0 saturated heterocycles. The van der Waals surface area contributed by atoms with E-state index in [1.54, 1.807) is 43.3 Å². The molecule has 1 atom stereocenters.